The van der Waals surface area contributed by atoms with Crippen LogP contribution >= 0.6 is 27.5 Å². The molecule has 2 fully saturated rings. The number of rotatable bonds is 4. The number of hydrogen-bond donors (Lipinski definition) is 0. The minimum Gasteiger partial charge on any atom is -0.444 e. The third kappa shape index (κ3) is 7.38. The van der Waals surface area contributed by atoms with Gasteiger partial charge in [0.2, 0.25) is 5.91 Å². The molecule has 3 aliphatic rings. The molecular weight excluding hydrogens is 708 g/mol. The number of imidazole rings is 1. The van der Waals surface area contributed by atoms with E-state index in [1.54, 1.807) is 49.0 Å². The van der Waals surface area contributed by atoms with Gasteiger partial charge in [0.25, 0.3) is 0 Å². The highest BCUT2D eigenvalue weighted by Crippen LogP contribution is 2.39. The van der Waals surface area contributed by atoms with Crippen LogP contribution in [0.5, 0.6) is 0 Å². The van der Waals surface area contributed by atoms with Crippen LogP contribution in [0.4, 0.5) is 4.79 Å². The fraction of sp³-hybridized carbons (Fsp3) is 0.515. The molecule has 11 nitrogen and oxygen atoms in total. The van der Waals surface area contributed by atoms with Gasteiger partial charge in [0.15, 0.2) is 9.84 Å². The van der Waals surface area contributed by atoms with E-state index in [1.165, 1.54) is 4.90 Å². The second-order valence-corrected chi connectivity index (χ2v) is 17.4. The van der Waals surface area contributed by atoms with E-state index in [1.807, 2.05) is 25.1 Å². The first-order chi connectivity index (χ1) is 22.2. The number of carbonyl (C=O) groups excluding carboxylic acids is 2. The number of nitrogens with zero attached hydrogens (tertiary/aromatic N) is 6. The molecule has 0 N–H and O–H groups in total. The van der Waals surface area contributed by atoms with Crippen LogP contribution in [0.2, 0.25) is 5.02 Å². The van der Waals surface area contributed by atoms with Gasteiger partial charge in [-0.05, 0) is 91.4 Å². The number of aryl methyl sites for hydroxylation is 3. The normalized spacial score (nSPS) is 23.1. The number of pyridine rings is 1. The molecule has 47 heavy (non-hydrogen) atoms. The summed E-state index contributed by atoms with van der Waals surface area (Å²) in [6, 6.07) is 6.85. The van der Waals surface area contributed by atoms with Gasteiger partial charge in [-0.1, -0.05) is 17.7 Å². The molecule has 0 bridgehead atoms. The standard InChI is InChI=1S/C33H40BrClN6O5S/c1-21-16-38(20-37-21)17-26-18-40(11-12-47(26,44)45)31(42)28-19-39(9-10-41(28)32(43)46-33(2,3)4)30-27-8-7-25(35)14-22(27)5-6-23-13-24(34)15-36-29(23)30/h7-8,13-16,20,26,28,30H,5-6,9-12,17-19H2,1-4H3/t26-,28+,30?/m0/s1. The van der Waals surface area contributed by atoms with Crippen LogP contribution < -0.4 is 0 Å². The number of sulfone groups is 1. The first-order valence-corrected chi connectivity index (χ1v) is 18.7. The summed E-state index contributed by atoms with van der Waals surface area (Å²) in [6.07, 6.45) is 6.20. The summed E-state index contributed by atoms with van der Waals surface area (Å²) >= 11 is 10.0. The molecule has 0 radical (unpaired) electrons. The lowest BCUT2D eigenvalue weighted by Crippen LogP contribution is -2.64. The van der Waals surface area contributed by atoms with Crippen molar-refractivity contribution in [3.8, 4) is 0 Å². The Kier molecular flexibility index (Phi) is 9.47. The molecule has 6 rings (SSSR count). The summed E-state index contributed by atoms with van der Waals surface area (Å²) in [7, 11) is -3.45. The van der Waals surface area contributed by atoms with Crippen molar-refractivity contribution in [1.82, 2.24) is 29.2 Å². The Bertz CT molecular complexity index is 1740. The molecular formula is C33H40BrClN6O5S. The molecule has 14 heteroatoms. The Morgan fingerprint density at radius 2 is 1.83 bits per heavy atom. The van der Waals surface area contributed by atoms with Crippen LogP contribution in [-0.2, 0) is 38.8 Å². The summed E-state index contributed by atoms with van der Waals surface area (Å²) in [4.78, 5) is 42.6. The zero-order chi connectivity index (χ0) is 33.7. The summed E-state index contributed by atoms with van der Waals surface area (Å²) in [5.74, 6) is -0.445. The van der Waals surface area contributed by atoms with E-state index < -0.39 is 32.8 Å². The third-order valence-corrected chi connectivity index (χ3v) is 11.8. The highest BCUT2D eigenvalue weighted by molar-refractivity contribution is 9.10. The Morgan fingerprint density at radius 3 is 2.55 bits per heavy atom. The van der Waals surface area contributed by atoms with Crippen LogP contribution in [0, 0.1) is 6.92 Å². The number of amides is 2. The van der Waals surface area contributed by atoms with E-state index >= 15 is 0 Å². The minimum atomic E-state index is -3.45. The molecule has 1 unspecified atom stereocenters. The smallest absolute Gasteiger partial charge is 0.411 e. The lowest BCUT2D eigenvalue weighted by molar-refractivity contribution is -0.139. The molecule has 4 heterocycles. The second kappa shape index (κ2) is 13.1. The second-order valence-electron chi connectivity index (χ2n) is 13.6. The van der Waals surface area contributed by atoms with Crippen molar-refractivity contribution in [2.75, 3.05) is 38.5 Å². The Balaban J connectivity index is 1.34. The first-order valence-electron chi connectivity index (χ1n) is 15.8. The predicted octanol–water partition coefficient (Wildman–Crippen LogP) is 4.44. The number of benzene rings is 1. The topological polar surface area (TPSA) is 118 Å². The average molecular weight is 748 g/mol. The van der Waals surface area contributed by atoms with E-state index in [9.17, 15) is 18.0 Å². The van der Waals surface area contributed by atoms with Crippen LogP contribution in [0.15, 0.2) is 47.5 Å². The monoisotopic (exact) mass is 746 g/mol. The summed E-state index contributed by atoms with van der Waals surface area (Å²) in [6.45, 7) is 8.46. The Hall–Kier alpha value is -3.00. The fourth-order valence-electron chi connectivity index (χ4n) is 6.81. The van der Waals surface area contributed by atoms with Gasteiger partial charge < -0.3 is 14.2 Å². The Morgan fingerprint density at radius 1 is 1.06 bits per heavy atom. The summed E-state index contributed by atoms with van der Waals surface area (Å²) in [5.41, 5.74) is 4.23. The molecule has 3 atom stereocenters. The van der Waals surface area contributed by atoms with Gasteiger partial charge in [0.1, 0.15) is 11.6 Å². The quantitative estimate of drug-likeness (QED) is 0.385. The molecule has 1 aliphatic carbocycles. The number of ether oxygens (including phenoxy) is 1. The maximum Gasteiger partial charge on any atom is 0.411 e. The minimum absolute atomic E-state index is 0.0280. The van der Waals surface area contributed by atoms with Crippen molar-refractivity contribution in [3.63, 3.8) is 0 Å². The highest BCUT2D eigenvalue weighted by atomic mass is 79.9. The third-order valence-electron chi connectivity index (χ3n) is 9.05. The lowest BCUT2D eigenvalue weighted by Gasteiger charge is -2.46. The van der Waals surface area contributed by atoms with Crippen molar-refractivity contribution in [2.24, 2.45) is 0 Å². The number of hydrogen-bond acceptors (Lipinski definition) is 8. The molecule has 252 valence electrons. The van der Waals surface area contributed by atoms with Crippen molar-refractivity contribution in [3.05, 3.63) is 80.6 Å². The highest BCUT2D eigenvalue weighted by Gasteiger charge is 2.45. The average Bonchev–Trinajstić information content (AvgIpc) is 3.34. The SMILES string of the molecule is Cc1cn(C[C@H]2CN(C(=O)[C@H]3CN(C4c5ccc(Cl)cc5CCc5cc(Br)cnc54)CCN3C(=O)OC(C)(C)C)CCS2(=O)=O)cn1. The number of carbonyl (C=O) groups is 2. The number of fused-ring (bicyclic) bond motifs is 2. The van der Waals surface area contributed by atoms with Crippen LogP contribution in [0.3, 0.4) is 0 Å². The molecule has 2 saturated heterocycles. The summed E-state index contributed by atoms with van der Waals surface area (Å²) < 4.78 is 34.7. The van der Waals surface area contributed by atoms with Gasteiger partial charge in [-0.3, -0.25) is 19.6 Å². The van der Waals surface area contributed by atoms with E-state index in [-0.39, 0.29) is 50.4 Å². The lowest BCUT2D eigenvalue weighted by atomic mass is 9.95. The maximum absolute atomic E-state index is 14.5. The number of halogens is 2. The molecule has 2 amide bonds. The van der Waals surface area contributed by atoms with E-state index in [2.05, 4.69) is 31.9 Å². The molecule has 2 aliphatic heterocycles. The summed E-state index contributed by atoms with van der Waals surface area (Å²) in [5, 5.41) is -0.137. The van der Waals surface area contributed by atoms with Gasteiger partial charge >= 0.3 is 6.09 Å². The van der Waals surface area contributed by atoms with E-state index in [0.29, 0.717) is 11.6 Å². The van der Waals surface area contributed by atoms with Gasteiger partial charge in [-0.25, -0.2) is 18.2 Å². The van der Waals surface area contributed by atoms with E-state index in [0.717, 1.165) is 45.4 Å². The van der Waals surface area contributed by atoms with E-state index in [4.69, 9.17) is 21.3 Å². The van der Waals surface area contributed by atoms with Gasteiger partial charge in [-0.15, -0.1) is 0 Å². The van der Waals surface area contributed by atoms with Gasteiger partial charge in [-0.2, -0.15) is 0 Å². The van der Waals surface area contributed by atoms with Crippen LogP contribution in [-0.4, -0.2) is 105 Å². The molecule has 2 aromatic heterocycles. The first kappa shape index (κ1) is 33.9. The van der Waals surface area contributed by atoms with Crippen molar-refractivity contribution >= 4 is 49.4 Å². The van der Waals surface area contributed by atoms with Crippen molar-refractivity contribution in [1.29, 1.82) is 0 Å². The Labute approximate surface area is 289 Å². The number of aromatic nitrogens is 3. The largest absolute Gasteiger partial charge is 0.444 e. The number of piperazine rings is 1. The predicted molar refractivity (Wildman–Crippen MR) is 182 cm³/mol. The molecule has 3 aromatic rings. The molecule has 1 aromatic carbocycles. The van der Waals surface area contributed by atoms with Gasteiger partial charge in [0.05, 0.1) is 34.8 Å². The van der Waals surface area contributed by atoms with Crippen molar-refractivity contribution in [2.45, 2.75) is 70.0 Å². The van der Waals surface area contributed by atoms with Crippen molar-refractivity contribution < 1.29 is 22.7 Å². The fourth-order valence-corrected chi connectivity index (χ4v) is 9.00. The zero-order valence-electron chi connectivity index (χ0n) is 27.0. The van der Waals surface area contributed by atoms with Crippen LogP contribution in [0.25, 0.3) is 0 Å². The maximum atomic E-state index is 14.5. The zero-order valence-corrected chi connectivity index (χ0v) is 30.2. The van der Waals surface area contributed by atoms with Gasteiger partial charge in [0, 0.05) is 61.2 Å². The molecule has 0 saturated carbocycles. The molecule has 0 spiro atoms. The van der Waals surface area contributed by atoms with Crippen LogP contribution in [0.1, 0.15) is 54.9 Å².